The van der Waals surface area contributed by atoms with Crippen LogP contribution in [0.1, 0.15) is 32.1 Å². The van der Waals surface area contributed by atoms with E-state index >= 15 is 0 Å². The Morgan fingerprint density at radius 2 is 1.55 bits per heavy atom. The van der Waals surface area contributed by atoms with Crippen molar-refractivity contribution in [2.75, 3.05) is 5.32 Å². The van der Waals surface area contributed by atoms with Gasteiger partial charge in [-0.05, 0) is 74.0 Å². The van der Waals surface area contributed by atoms with Gasteiger partial charge in [-0.15, -0.1) is 0 Å². The van der Waals surface area contributed by atoms with Gasteiger partial charge in [-0.2, -0.15) is 0 Å². The van der Waals surface area contributed by atoms with Gasteiger partial charge in [0.05, 0.1) is 22.5 Å². The summed E-state index contributed by atoms with van der Waals surface area (Å²) in [5.41, 5.74) is 0.511. The molecule has 1 N–H and O–H groups in total. The maximum atomic E-state index is 13.3. The number of rotatable bonds is 3. The van der Waals surface area contributed by atoms with Crippen LogP contribution in [-0.4, -0.2) is 28.7 Å². The molecule has 7 rings (SSSR count). The Hall–Kier alpha value is -1.85. The second-order valence-electron chi connectivity index (χ2n) is 9.82. The molecule has 31 heavy (non-hydrogen) atoms. The largest absolute Gasteiger partial charge is 0.324 e. The van der Waals surface area contributed by atoms with E-state index in [1.807, 2.05) is 0 Å². The number of imide groups is 1. The van der Waals surface area contributed by atoms with E-state index in [-0.39, 0.29) is 53.4 Å². The van der Waals surface area contributed by atoms with E-state index in [0.29, 0.717) is 53.3 Å². The number of anilines is 1. The molecule has 0 spiro atoms. The van der Waals surface area contributed by atoms with Gasteiger partial charge >= 0.3 is 0 Å². The fourth-order valence-corrected chi connectivity index (χ4v) is 7.10. The van der Waals surface area contributed by atoms with Crippen LogP contribution < -0.4 is 5.32 Å². The molecule has 3 saturated carbocycles. The van der Waals surface area contributed by atoms with E-state index in [9.17, 15) is 14.4 Å². The third kappa shape index (κ3) is 3.00. The highest BCUT2D eigenvalue weighted by Crippen LogP contribution is 2.65. The lowest BCUT2D eigenvalue weighted by molar-refractivity contribution is -0.144. The van der Waals surface area contributed by atoms with Crippen LogP contribution in [0.4, 0.5) is 5.69 Å². The van der Waals surface area contributed by atoms with Crippen LogP contribution in [-0.2, 0) is 14.4 Å². The van der Waals surface area contributed by atoms with Crippen molar-refractivity contribution < 1.29 is 14.4 Å². The second-order valence-corrected chi connectivity index (χ2v) is 10.7. The lowest BCUT2D eigenvalue weighted by Crippen LogP contribution is -2.44. The molecule has 3 amide bonds. The average molecular weight is 459 g/mol. The Labute approximate surface area is 191 Å². The fourth-order valence-electron chi connectivity index (χ4n) is 6.76. The van der Waals surface area contributed by atoms with Crippen molar-refractivity contribution in [3.05, 3.63) is 40.4 Å². The number of carbonyl (C=O) groups is 3. The molecule has 2 bridgehead atoms. The predicted octanol–water partition coefficient (Wildman–Crippen LogP) is 4.54. The number of hydrogen-bond acceptors (Lipinski definition) is 3. The first kappa shape index (κ1) is 19.8. The normalized spacial score (nSPS) is 40.0. The quantitative estimate of drug-likeness (QED) is 0.533. The van der Waals surface area contributed by atoms with Crippen LogP contribution in [0.15, 0.2) is 30.4 Å². The standard InChI is InChI=1S/C24H24Cl2N2O3/c25-12-3-8-18(26)19(9-12)27-22(29)11-1-4-13(5-2-11)28-23(30)20-14-6-7-15(17-10-16(14)17)21(20)24(28)31/h3,6-9,11,13-17,20-21H,1-2,4-5,10H2,(H,27,29)/t11?,13?,14-,15-,16-,17-,20+,21+/m1/s1. The van der Waals surface area contributed by atoms with Crippen molar-refractivity contribution in [2.24, 2.45) is 41.4 Å². The average Bonchev–Trinajstić information content (AvgIpc) is 3.54. The highest BCUT2D eigenvalue weighted by molar-refractivity contribution is 6.35. The van der Waals surface area contributed by atoms with Gasteiger partial charge in [-0.25, -0.2) is 0 Å². The first-order valence-corrected chi connectivity index (χ1v) is 12.0. The molecule has 6 atom stereocenters. The van der Waals surface area contributed by atoms with Crippen molar-refractivity contribution in [3.63, 3.8) is 0 Å². The molecule has 0 unspecified atom stereocenters. The molecule has 0 radical (unpaired) electrons. The number of hydrogen-bond donors (Lipinski definition) is 1. The van der Waals surface area contributed by atoms with Crippen LogP contribution in [0.25, 0.3) is 0 Å². The summed E-state index contributed by atoms with van der Waals surface area (Å²) in [7, 11) is 0. The Balaban J connectivity index is 1.12. The van der Waals surface area contributed by atoms with Gasteiger partial charge in [0.1, 0.15) is 0 Å². The first-order valence-electron chi connectivity index (χ1n) is 11.2. The summed E-state index contributed by atoms with van der Waals surface area (Å²) in [4.78, 5) is 40.9. The number of halogens is 2. The summed E-state index contributed by atoms with van der Waals surface area (Å²) in [6.45, 7) is 0. The maximum absolute atomic E-state index is 13.3. The van der Waals surface area contributed by atoms with Crippen molar-refractivity contribution >= 4 is 46.6 Å². The number of carbonyl (C=O) groups excluding carboxylic acids is 3. The lowest BCUT2D eigenvalue weighted by Gasteiger charge is -2.37. The topological polar surface area (TPSA) is 66.5 Å². The minimum Gasteiger partial charge on any atom is -0.324 e. The zero-order valence-corrected chi connectivity index (χ0v) is 18.5. The second kappa shape index (κ2) is 7.08. The van der Waals surface area contributed by atoms with Gasteiger partial charge in [0.2, 0.25) is 17.7 Å². The number of amides is 3. The van der Waals surface area contributed by atoms with E-state index in [1.165, 1.54) is 6.42 Å². The lowest BCUT2D eigenvalue weighted by atomic mass is 9.63. The van der Waals surface area contributed by atoms with E-state index in [2.05, 4.69) is 17.5 Å². The van der Waals surface area contributed by atoms with Crippen LogP contribution >= 0.6 is 23.2 Å². The molecule has 162 valence electrons. The van der Waals surface area contributed by atoms with E-state index in [4.69, 9.17) is 23.2 Å². The molecule has 0 aromatic heterocycles. The fraction of sp³-hybridized carbons (Fsp3) is 0.542. The van der Waals surface area contributed by atoms with E-state index in [1.54, 1.807) is 23.1 Å². The highest BCUT2D eigenvalue weighted by atomic mass is 35.5. The molecular formula is C24H24Cl2N2O3. The summed E-state index contributed by atoms with van der Waals surface area (Å²) in [6, 6.07) is 4.90. The maximum Gasteiger partial charge on any atom is 0.233 e. The smallest absolute Gasteiger partial charge is 0.233 e. The zero-order chi connectivity index (χ0) is 21.4. The highest BCUT2D eigenvalue weighted by Gasteiger charge is 2.67. The minimum atomic E-state index is -0.160. The summed E-state index contributed by atoms with van der Waals surface area (Å²) in [5.74, 6) is 1.30. The summed E-state index contributed by atoms with van der Waals surface area (Å²) < 4.78 is 0. The summed E-state index contributed by atoms with van der Waals surface area (Å²) >= 11 is 12.2. The molecule has 6 aliphatic rings. The van der Waals surface area contributed by atoms with E-state index in [0.717, 1.165) is 0 Å². The van der Waals surface area contributed by atoms with Crippen molar-refractivity contribution in [2.45, 2.75) is 38.1 Å². The zero-order valence-electron chi connectivity index (χ0n) is 17.0. The number of benzene rings is 1. The van der Waals surface area contributed by atoms with Crippen molar-refractivity contribution in [3.8, 4) is 0 Å². The Morgan fingerprint density at radius 3 is 2.16 bits per heavy atom. The number of nitrogens with one attached hydrogen (secondary N) is 1. The van der Waals surface area contributed by atoms with Crippen LogP contribution in [0.3, 0.4) is 0 Å². The predicted molar refractivity (Wildman–Crippen MR) is 117 cm³/mol. The van der Waals surface area contributed by atoms with Crippen LogP contribution in [0.5, 0.6) is 0 Å². The molecule has 1 aliphatic heterocycles. The molecule has 5 aliphatic carbocycles. The third-order valence-corrected chi connectivity index (χ3v) is 8.88. The number of nitrogens with zero attached hydrogens (tertiary/aromatic N) is 1. The van der Waals surface area contributed by atoms with Gasteiger partial charge in [-0.3, -0.25) is 19.3 Å². The molecule has 1 saturated heterocycles. The summed E-state index contributed by atoms with van der Waals surface area (Å²) in [6.07, 6.45) is 8.23. The van der Waals surface area contributed by atoms with Crippen LogP contribution in [0.2, 0.25) is 10.0 Å². The van der Waals surface area contributed by atoms with Gasteiger partial charge in [0.15, 0.2) is 0 Å². The van der Waals surface area contributed by atoms with Gasteiger partial charge < -0.3 is 5.32 Å². The van der Waals surface area contributed by atoms with Gasteiger partial charge in [-0.1, -0.05) is 35.4 Å². The number of allylic oxidation sites excluding steroid dienone is 2. The third-order valence-electron chi connectivity index (χ3n) is 8.32. The summed E-state index contributed by atoms with van der Waals surface area (Å²) in [5, 5.41) is 3.84. The molecule has 1 aromatic rings. The van der Waals surface area contributed by atoms with Gasteiger partial charge in [0.25, 0.3) is 0 Å². The molecule has 4 fully saturated rings. The Kier molecular flexibility index (Phi) is 4.52. The van der Waals surface area contributed by atoms with E-state index < -0.39 is 0 Å². The SMILES string of the molecule is O=C(Nc1cc(Cl)ccc1Cl)C1CCC(N2C(=O)[C@H]3[C@@H]4C=C[C@H]([C@H]5C[C@H]45)[C@@H]3C2=O)CC1. The molecule has 5 nitrogen and oxygen atoms in total. The Morgan fingerprint density at radius 1 is 0.935 bits per heavy atom. The van der Waals surface area contributed by atoms with Gasteiger partial charge in [0, 0.05) is 17.0 Å². The van der Waals surface area contributed by atoms with Crippen molar-refractivity contribution in [1.29, 1.82) is 0 Å². The number of likely N-dealkylation sites (tertiary alicyclic amines) is 1. The molecular weight excluding hydrogens is 435 g/mol. The van der Waals surface area contributed by atoms with Crippen molar-refractivity contribution in [1.82, 2.24) is 4.90 Å². The Bertz CT molecular complexity index is 980. The first-order chi connectivity index (χ1) is 14.9. The molecule has 1 aromatic carbocycles. The molecule has 7 heteroatoms. The minimum absolute atomic E-state index is 0.0401. The van der Waals surface area contributed by atoms with Crippen LogP contribution in [0, 0.1) is 41.4 Å². The molecule has 1 heterocycles. The monoisotopic (exact) mass is 458 g/mol.